The number of rotatable bonds is 5. The average molecular weight is 396 g/mol. The lowest BCUT2D eigenvalue weighted by atomic mass is 9.86. The largest absolute Gasteiger partial charge is 0.337 e. The molecule has 2 aromatic rings. The van der Waals surface area contributed by atoms with Crippen LogP contribution in [0.15, 0.2) is 53.0 Å². The SMILES string of the molecule is CC(C)(CNC(=O)Nc1ccc(Cl)cc1)Cc1ccc(Br)cc1. The maximum atomic E-state index is 12.0. The summed E-state index contributed by atoms with van der Waals surface area (Å²) in [7, 11) is 0. The van der Waals surface area contributed by atoms with Crippen LogP contribution in [0.3, 0.4) is 0 Å². The Labute approximate surface area is 150 Å². The second-order valence-electron chi connectivity index (χ2n) is 6.28. The minimum absolute atomic E-state index is 0.0365. The molecule has 5 heteroatoms. The number of hydrogen-bond acceptors (Lipinski definition) is 1. The summed E-state index contributed by atoms with van der Waals surface area (Å²) in [5.74, 6) is 0. The Morgan fingerprint density at radius 3 is 2.30 bits per heavy atom. The minimum Gasteiger partial charge on any atom is -0.337 e. The molecule has 0 saturated heterocycles. The van der Waals surface area contributed by atoms with Crippen molar-refractivity contribution in [3.63, 3.8) is 0 Å². The van der Waals surface area contributed by atoms with Gasteiger partial charge in [-0.15, -0.1) is 0 Å². The van der Waals surface area contributed by atoms with Gasteiger partial charge in [0.1, 0.15) is 0 Å². The Hall–Kier alpha value is -1.52. The van der Waals surface area contributed by atoms with Crippen molar-refractivity contribution in [3.05, 3.63) is 63.6 Å². The fourth-order valence-electron chi connectivity index (χ4n) is 2.25. The third-order valence-electron chi connectivity index (χ3n) is 3.43. The summed E-state index contributed by atoms with van der Waals surface area (Å²) in [6, 6.07) is 15.1. The van der Waals surface area contributed by atoms with Gasteiger partial charge in [-0.2, -0.15) is 0 Å². The number of urea groups is 1. The number of nitrogens with one attached hydrogen (secondary N) is 2. The lowest BCUT2D eigenvalue weighted by molar-refractivity contribution is 0.244. The molecule has 0 radical (unpaired) electrons. The van der Waals surface area contributed by atoms with Gasteiger partial charge in [0.2, 0.25) is 0 Å². The number of benzene rings is 2. The topological polar surface area (TPSA) is 41.1 Å². The molecule has 0 unspecified atom stereocenters. The van der Waals surface area contributed by atoms with Crippen molar-refractivity contribution >= 4 is 39.2 Å². The minimum atomic E-state index is -0.212. The van der Waals surface area contributed by atoms with E-state index < -0.39 is 0 Å². The molecule has 0 fully saturated rings. The summed E-state index contributed by atoms with van der Waals surface area (Å²) in [6.07, 6.45) is 0.890. The van der Waals surface area contributed by atoms with Gasteiger partial charge in [0.05, 0.1) is 0 Å². The normalized spacial score (nSPS) is 11.1. The number of carbonyl (C=O) groups is 1. The van der Waals surface area contributed by atoms with Crippen molar-refractivity contribution in [3.8, 4) is 0 Å². The van der Waals surface area contributed by atoms with Crippen LogP contribution < -0.4 is 10.6 Å². The van der Waals surface area contributed by atoms with Gasteiger partial charge in [-0.3, -0.25) is 0 Å². The molecule has 0 aliphatic carbocycles. The molecule has 122 valence electrons. The van der Waals surface area contributed by atoms with Crippen molar-refractivity contribution < 1.29 is 4.79 Å². The van der Waals surface area contributed by atoms with Gasteiger partial charge in [0, 0.05) is 21.7 Å². The van der Waals surface area contributed by atoms with Crippen molar-refractivity contribution in [1.29, 1.82) is 0 Å². The third-order valence-corrected chi connectivity index (χ3v) is 4.21. The summed E-state index contributed by atoms with van der Waals surface area (Å²) in [5, 5.41) is 6.37. The average Bonchev–Trinajstić information content (AvgIpc) is 2.50. The molecule has 0 aromatic heterocycles. The quantitative estimate of drug-likeness (QED) is 0.690. The van der Waals surface area contributed by atoms with E-state index in [9.17, 15) is 4.79 Å². The van der Waals surface area contributed by atoms with Crippen molar-refractivity contribution in [2.24, 2.45) is 5.41 Å². The number of amides is 2. The highest BCUT2D eigenvalue weighted by molar-refractivity contribution is 9.10. The van der Waals surface area contributed by atoms with Crippen LogP contribution in [-0.4, -0.2) is 12.6 Å². The molecule has 0 aliphatic heterocycles. The highest BCUT2D eigenvalue weighted by atomic mass is 79.9. The van der Waals surface area contributed by atoms with Crippen LogP contribution in [0.2, 0.25) is 5.02 Å². The number of hydrogen-bond donors (Lipinski definition) is 2. The Morgan fingerprint density at radius 2 is 1.70 bits per heavy atom. The van der Waals surface area contributed by atoms with Crippen molar-refractivity contribution in [1.82, 2.24) is 5.32 Å². The second-order valence-corrected chi connectivity index (χ2v) is 7.63. The van der Waals surface area contributed by atoms with Gasteiger partial charge in [-0.1, -0.05) is 53.5 Å². The van der Waals surface area contributed by atoms with Gasteiger partial charge in [0.15, 0.2) is 0 Å². The van der Waals surface area contributed by atoms with E-state index in [2.05, 4.69) is 52.5 Å². The summed E-state index contributed by atoms with van der Waals surface area (Å²) >= 11 is 9.26. The molecule has 2 rings (SSSR count). The van der Waals surface area contributed by atoms with E-state index in [4.69, 9.17) is 11.6 Å². The summed E-state index contributed by atoms with van der Waals surface area (Å²) in [6.45, 7) is 4.86. The first-order valence-electron chi connectivity index (χ1n) is 7.39. The molecule has 2 N–H and O–H groups in total. The molecule has 0 atom stereocenters. The molecule has 0 bridgehead atoms. The smallest absolute Gasteiger partial charge is 0.319 e. The standard InChI is InChI=1S/C18H20BrClN2O/c1-18(2,11-13-3-5-14(19)6-4-13)12-21-17(23)22-16-9-7-15(20)8-10-16/h3-10H,11-12H2,1-2H3,(H2,21,22,23). The summed E-state index contributed by atoms with van der Waals surface area (Å²) in [5.41, 5.74) is 1.93. The van der Waals surface area contributed by atoms with Crippen LogP contribution in [0.5, 0.6) is 0 Å². The molecule has 0 aliphatic rings. The Balaban J connectivity index is 1.84. The molecule has 23 heavy (non-hydrogen) atoms. The molecule has 0 heterocycles. The van der Waals surface area contributed by atoms with E-state index in [0.717, 1.165) is 16.6 Å². The molecule has 0 spiro atoms. The lowest BCUT2D eigenvalue weighted by Gasteiger charge is -2.25. The Bertz CT molecular complexity index is 654. The molecular weight excluding hydrogens is 376 g/mol. The van der Waals surface area contributed by atoms with E-state index in [1.54, 1.807) is 24.3 Å². The fraction of sp³-hybridized carbons (Fsp3) is 0.278. The predicted octanol–water partition coefficient (Wildman–Crippen LogP) is 5.49. The van der Waals surface area contributed by atoms with Crippen LogP contribution >= 0.6 is 27.5 Å². The highest BCUT2D eigenvalue weighted by Gasteiger charge is 2.19. The van der Waals surface area contributed by atoms with E-state index in [0.29, 0.717) is 11.6 Å². The van der Waals surface area contributed by atoms with Crippen LogP contribution in [0.1, 0.15) is 19.4 Å². The molecule has 2 amide bonds. The van der Waals surface area contributed by atoms with Crippen LogP contribution in [-0.2, 0) is 6.42 Å². The number of halogens is 2. The molecule has 3 nitrogen and oxygen atoms in total. The van der Waals surface area contributed by atoms with Crippen molar-refractivity contribution in [2.75, 3.05) is 11.9 Å². The zero-order valence-electron chi connectivity index (χ0n) is 13.2. The van der Waals surface area contributed by atoms with Gasteiger partial charge in [0.25, 0.3) is 0 Å². The third kappa shape index (κ3) is 6.24. The van der Waals surface area contributed by atoms with Gasteiger partial charge in [-0.05, 0) is 53.8 Å². The van der Waals surface area contributed by atoms with E-state index in [1.807, 2.05) is 12.1 Å². The zero-order valence-corrected chi connectivity index (χ0v) is 15.5. The molecule has 2 aromatic carbocycles. The fourth-order valence-corrected chi connectivity index (χ4v) is 2.64. The molecular formula is C18H20BrClN2O. The number of carbonyl (C=O) groups excluding carboxylic acids is 1. The Kier molecular flexibility index (Phi) is 6.08. The zero-order chi connectivity index (χ0) is 16.9. The maximum Gasteiger partial charge on any atom is 0.319 e. The van der Waals surface area contributed by atoms with Crippen molar-refractivity contribution in [2.45, 2.75) is 20.3 Å². The van der Waals surface area contributed by atoms with E-state index in [1.165, 1.54) is 5.56 Å². The second kappa shape index (κ2) is 7.84. The monoisotopic (exact) mass is 394 g/mol. The summed E-state index contributed by atoms with van der Waals surface area (Å²) < 4.78 is 1.07. The first-order chi connectivity index (χ1) is 10.8. The van der Waals surface area contributed by atoms with Gasteiger partial charge in [-0.25, -0.2) is 4.79 Å². The lowest BCUT2D eigenvalue weighted by Crippen LogP contribution is -2.37. The van der Waals surface area contributed by atoms with E-state index >= 15 is 0 Å². The highest BCUT2D eigenvalue weighted by Crippen LogP contribution is 2.22. The van der Waals surface area contributed by atoms with Crippen LogP contribution in [0.4, 0.5) is 10.5 Å². The van der Waals surface area contributed by atoms with Gasteiger partial charge >= 0.3 is 6.03 Å². The molecule has 0 saturated carbocycles. The number of anilines is 1. The maximum absolute atomic E-state index is 12.0. The first kappa shape index (κ1) is 17.8. The Morgan fingerprint density at radius 1 is 1.09 bits per heavy atom. The predicted molar refractivity (Wildman–Crippen MR) is 100 cm³/mol. The van der Waals surface area contributed by atoms with Crippen LogP contribution in [0.25, 0.3) is 0 Å². The summed E-state index contributed by atoms with van der Waals surface area (Å²) in [4.78, 5) is 12.0. The van der Waals surface area contributed by atoms with Gasteiger partial charge < -0.3 is 10.6 Å². The first-order valence-corrected chi connectivity index (χ1v) is 8.56. The van der Waals surface area contributed by atoms with E-state index in [-0.39, 0.29) is 11.4 Å². The van der Waals surface area contributed by atoms with Crippen LogP contribution in [0, 0.1) is 5.41 Å².